The molecule has 2 aromatic carbocycles. The summed E-state index contributed by atoms with van der Waals surface area (Å²) in [6, 6.07) is 17.1. The van der Waals surface area contributed by atoms with Gasteiger partial charge in [-0.2, -0.15) is 0 Å². The number of unbranched alkanes of at least 4 members (excludes halogenated alkanes) is 3. The molecule has 0 N–H and O–H groups in total. The van der Waals surface area contributed by atoms with Gasteiger partial charge in [0.25, 0.3) is 0 Å². The van der Waals surface area contributed by atoms with Crippen LogP contribution in [-0.4, -0.2) is 46.8 Å². The lowest BCUT2D eigenvalue weighted by Gasteiger charge is -2.36. The number of hydrogen-bond donors (Lipinski definition) is 0. The fourth-order valence-corrected chi connectivity index (χ4v) is 4.82. The van der Waals surface area contributed by atoms with Crippen LogP contribution in [0.5, 0.6) is 0 Å². The van der Waals surface area contributed by atoms with Gasteiger partial charge in [0.2, 0.25) is 0 Å². The molecule has 0 unspecified atom stereocenters. The normalized spacial score (nSPS) is 15.0. The summed E-state index contributed by atoms with van der Waals surface area (Å²) >= 11 is 0. The number of anilines is 1. The van der Waals surface area contributed by atoms with Crippen LogP contribution in [0.3, 0.4) is 0 Å². The molecule has 0 amide bonds. The van der Waals surface area contributed by atoms with Gasteiger partial charge in [0, 0.05) is 45.0 Å². The summed E-state index contributed by atoms with van der Waals surface area (Å²) in [5, 5.41) is 0. The molecule has 0 atom stereocenters. The van der Waals surface area contributed by atoms with Crippen LogP contribution in [-0.2, 0) is 13.1 Å². The quantitative estimate of drug-likeness (QED) is 0.425. The van der Waals surface area contributed by atoms with Gasteiger partial charge in [-0.3, -0.25) is 14.0 Å². The molecule has 1 saturated heterocycles. The maximum atomic E-state index is 13.1. The van der Waals surface area contributed by atoms with Crippen molar-refractivity contribution in [3.8, 4) is 0 Å². The van der Waals surface area contributed by atoms with Gasteiger partial charge in [-0.25, -0.2) is 4.79 Å². The van der Waals surface area contributed by atoms with Crippen molar-refractivity contribution in [3.63, 3.8) is 0 Å². The zero-order valence-electron chi connectivity index (χ0n) is 19.8. The smallest absolute Gasteiger partial charge is 0.329 e. The van der Waals surface area contributed by atoms with Crippen molar-refractivity contribution in [2.24, 2.45) is 0 Å². The van der Waals surface area contributed by atoms with Gasteiger partial charge >= 0.3 is 5.69 Å². The Labute approximate surface area is 192 Å². The monoisotopic (exact) mass is 434 g/mol. The van der Waals surface area contributed by atoms with Crippen LogP contribution in [0.1, 0.15) is 44.6 Å². The van der Waals surface area contributed by atoms with E-state index in [2.05, 4.69) is 60.0 Å². The van der Waals surface area contributed by atoms with Gasteiger partial charge in [-0.15, -0.1) is 0 Å². The molecule has 1 aromatic heterocycles. The summed E-state index contributed by atoms with van der Waals surface area (Å²) in [5.74, 6) is 0. The van der Waals surface area contributed by atoms with Gasteiger partial charge in [0.1, 0.15) is 0 Å². The van der Waals surface area contributed by atoms with Gasteiger partial charge in [-0.05, 0) is 57.0 Å². The number of aromatic nitrogens is 2. The summed E-state index contributed by atoms with van der Waals surface area (Å²) in [4.78, 5) is 18.1. The van der Waals surface area contributed by atoms with E-state index in [4.69, 9.17) is 0 Å². The van der Waals surface area contributed by atoms with Crippen LogP contribution < -0.4 is 10.6 Å². The Balaban J connectivity index is 1.27. The molecule has 172 valence electrons. The molecule has 0 aliphatic carbocycles. The maximum absolute atomic E-state index is 13.1. The van der Waals surface area contributed by atoms with E-state index in [0.717, 1.165) is 76.1 Å². The number of nitrogens with zero attached hydrogens (tertiary/aromatic N) is 4. The van der Waals surface area contributed by atoms with Crippen molar-refractivity contribution in [2.75, 3.05) is 37.6 Å². The molecule has 32 heavy (non-hydrogen) atoms. The van der Waals surface area contributed by atoms with Gasteiger partial charge < -0.3 is 4.90 Å². The lowest BCUT2D eigenvalue weighted by atomic mass is 10.2. The lowest BCUT2D eigenvalue weighted by molar-refractivity contribution is 0.251. The zero-order valence-corrected chi connectivity index (χ0v) is 19.8. The van der Waals surface area contributed by atoms with E-state index in [-0.39, 0.29) is 5.69 Å². The van der Waals surface area contributed by atoms with E-state index >= 15 is 0 Å². The first-order chi connectivity index (χ1) is 15.7. The predicted molar refractivity (Wildman–Crippen MR) is 135 cm³/mol. The van der Waals surface area contributed by atoms with E-state index in [1.54, 1.807) is 0 Å². The second-order valence-electron chi connectivity index (χ2n) is 9.15. The standard InChI is InChI=1S/C27H38N4O/c1-3-4-7-17-30-25-10-5-6-11-26(25)31(27(30)32)18-9-8-16-28-19-21-29(22-20-28)24-14-12-23(2)13-15-24/h5-6,10-15H,3-4,7-9,16-22H2,1-2H3. The molecule has 4 rings (SSSR count). The Morgan fingerprint density at radius 3 is 1.88 bits per heavy atom. The van der Waals surface area contributed by atoms with Crippen molar-refractivity contribution in [3.05, 3.63) is 64.6 Å². The number of aryl methyl sites for hydroxylation is 3. The molecule has 5 heteroatoms. The summed E-state index contributed by atoms with van der Waals surface area (Å²) in [5.41, 5.74) is 4.98. The molecule has 0 spiro atoms. The molecule has 0 radical (unpaired) electrons. The number of imidazole rings is 1. The lowest BCUT2D eigenvalue weighted by Crippen LogP contribution is -2.46. The Morgan fingerprint density at radius 2 is 1.28 bits per heavy atom. The van der Waals surface area contributed by atoms with Crippen molar-refractivity contribution in [1.82, 2.24) is 14.0 Å². The van der Waals surface area contributed by atoms with E-state index in [9.17, 15) is 4.79 Å². The molecule has 0 saturated carbocycles. The predicted octanol–water partition coefficient (Wildman–Crippen LogP) is 4.90. The van der Waals surface area contributed by atoms with Crippen LogP contribution in [0, 0.1) is 6.92 Å². The number of rotatable bonds is 10. The molecule has 2 heterocycles. The maximum Gasteiger partial charge on any atom is 0.329 e. The second kappa shape index (κ2) is 10.9. The number of benzene rings is 2. The fraction of sp³-hybridized carbons (Fsp3) is 0.519. The molecular weight excluding hydrogens is 396 g/mol. The van der Waals surface area contributed by atoms with Crippen molar-refractivity contribution in [1.29, 1.82) is 0 Å². The van der Waals surface area contributed by atoms with Crippen molar-refractivity contribution < 1.29 is 0 Å². The SMILES string of the molecule is CCCCCn1c(=O)n(CCCCN2CCN(c3ccc(C)cc3)CC2)c2ccccc21. The van der Waals surface area contributed by atoms with Gasteiger partial charge in [0.05, 0.1) is 11.0 Å². The molecule has 1 fully saturated rings. The Kier molecular flexibility index (Phi) is 7.69. The molecule has 0 bridgehead atoms. The third kappa shape index (κ3) is 5.26. The fourth-order valence-electron chi connectivity index (χ4n) is 4.82. The Morgan fingerprint density at radius 1 is 0.719 bits per heavy atom. The minimum atomic E-state index is 0.161. The Bertz CT molecular complexity index is 1040. The number of para-hydroxylation sites is 2. The Hall–Kier alpha value is -2.53. The van der Waals surface area contributed by atoms with E-state index in [1.165, 1.54) is 24.1 Å². The van der Waals surface area contributed by atoms with Crippen LogP contribution in [0.25, 0.3) is 11.0 Å². The summed E-state index contributed by atoms with van der Waals surface area (Å²) in [6.45, 7) is 11.5. The van der Waals surface area contributed by atoms with E-state index < -0.39 is 0 Å². The van der Waals surface area contributed by atoms with E-state index in [1.807, 2.05) is 21.3 Å². The van der Waals surface area contributed by atoms with E-state index in [0.29, 0.717) is 0 Å². The first-order valence-corrected chi connectivity index (χ1v) is 12.4. The topological polar surface area (TPSA) is 33.4 Å². The highest BCUT2D eigenvalue weighted by atomic mass is 16.1. The number of fused-ring (bicyclic) bond motifs is 1. The van der Waals surface area contributed by atoms with Crippen LogP contribution in [0.2, 0.25) is 0 Å². The summed E-state index contributed by atoms with van der Waals surface area (Å²) in [7, 11) is 0. The zero-order chi connectivity index (χ0) is 22.3. The third-order valence-electron chi connectivity index (χ3n) is 6.79. The van der Waals surface area contributed by atoms with Crippen LogP contribution in [0.15, 0.2) is 53.3 Å². The average Bonchev–Trinajstić information content (AvgIpc) is 3.09. The highest BCUT2D eigenvalue weighted by Gasteiger charge is 2.17. The van der Waals surface area contributed by atoms with Crippen molar-refractivity contribution >= 4 is 16.7 Å². The largest absolute Gasteiger partial charge is 0.369 e. The van der Waals surface area contributed by atoms with Gasteiger partial charge in [0.15, 0.2) is 0 Å². The third-order valence-corrected chi connectivity index (χ3v) is 6.79. The minimum absolute atomic E-state index is 0.161. The molecule has 1 aliphatic heterocycles. The molecular formula is C27H38N4O. The number of hydrogen-bond acceptors (Lipinski definition) is 3. The van der Waals surface area contributed by atoms with Crippen molar-refractivity contribution in [2.45, 2.75) is 59.0 Å². The summed E-state index contributed by atoms with van der Waals surface area (Å²) < 4.78 is 3.98. The minimum Gasteiger partial charge on any atom is -0.369 e. The first-order valence-electron chi connectivity index (χ1n) is 12.4. The average molecular weight is 435 g/mol. The number of piperazine rings is 1. The molecule has 1 aliphatic rings. The highest BCUT2D eigenvalue weighted by Crippen LogP contribution is 2.18. The molecule has 3 aromatic rings. The summed E-state index contributed by atoms with van der Waals surface area (Å²) in [6.07, 6.45) is 5.59. The highest BCUT2D eigenvalue weighted by molar-refractivity contribution is 5.75. The first kappa shape index (κ1) is 22.7. The van der Waals surface area contributed by atoms with Crippen LogP contribution in [0.4, 0.5) is 5.69 Å². The van der Waals surface area contributed by atoms with Crippen LogP contribution >= 0.6 is 0 Å². The van der Waals surface area contributed by atoms with Gasteiger partial charge in [-0.1, -0.05) is 49.6 Å². The molecule has 5 nitrogen and oxygen atoms in total. The second-order valence-corrected chi connectivity index (χ2v) is 9.15.